The summed E-state index contributed by atoms with van der Waals surface area (Å²) in [5, 5.41) is 5.07. The first-order valence-corrected chi connectivity index (χ1v) is 9.25. The Hall–Kier alpha value is -1.79. The molecule has 3 rings (SSSR count). The highest BCUT2D eigenvalue weighted by Gasteiger charge is 2.24. The van der Waals surface area contributed by atoms with Gasteiger partial charge in [0.2, 0.25) is 0 Å². The van der Waals surface area contributed by atoms with Gasteiger partial charge in [-0.05, 0) is 50.3 Å². The van der Waals surface area contributed by atoms with Crippen LogP contribution in [0.25, 0.3) is 0 Å². The van der Waals surface area contributed by atoms with Crippen LogP contribution in [0.15, 0.2) is 34.1 Å². The Morgan fingerprint density at radius 3 is 2.96 bits per heavy atom. The van der Waals surface area contributed by atoms with Crippen LogP contribution in [0.3, 0.4) is 0 Å². The summed E-state index contributed by atoms with van der Waals surface area (Å²) in [6.45, 7) is 5.85. The maximum Gasteiger partial charge on any atom is 0.318 e. The van der Waals surface area contributed by atoms with Gasteiger partial charge in [-0.1, -0.05) is 6.07 Å². The number of urea groups is 1. The molecular formula is C18H24N2O3S. The molecule has 5 nitrogen and oxygen atoms in total. The number of ether oxygens (including phenoxy) is 1. The fourth-order valence-corrected chi connectivity index (χ4v) is 3.60. The molecule has 0 radical (unpaired) electrons. The van der Waals surface area contributed by atoms with Crippen molar-refractivity contribution in [3.8, 4) is 0 Å². The molecule has 1 fully saturated rings. The summed E-state index contributed by atoms with van der Waals surface area (Å²) >= 11 is 1.66. The van der Waals surface area contributed by atoms with Crippen molar-refractivity contribution >= 4 is 17.4 Å². The first-order chi connectivity index (χ1) is 11.6. The quantitative estimate of drug-likeness (QED) is 0.855. The van der Waals surface area contributed by atoms with E-state index in [-0.39, 0.29) is 18.2 Å². The fraction of sp³-hybridized carbons (Fsp3) is 0.500. The number of rotatable bonds is 6. The number of hydrogen-bond acceptors (Lipinski definition) is 4. The zero-order chi connectivity index (χ0) is 16.9. The summed E-state index contributed by atoms with van der Waals surface area (Å²) in [4.78, 5) is 15.8. The van der Waals surface area contributed by atoms with E-state index in [9.17, 15) is 4.79 Å². The molecule has 2 atom stereocenters. The second kappa shape index (κ2) is 7.85. The maximum absolute atomic E-state index is 12.8. The molecule has 24 heavy (non-hydrogen) atoms. The molecule has 1 N–H and O–H groups in total. The van der Waals surface area contributed by atoms with Crippen LogP contribution in [0.1, 0.15) is 42.2 Å². The van der Waals surface area contributed by atoms with Gasteiger partial charge in [0, 0.05) is 18.0 Å². The molecular weight excluding hydrogens is 324 g/mol. The van der Waals surface area contributed by atoms with Crippen molar-refractivity contribution in [2.24, 2.45) is 0 Å². The van der Waals surface area contributed by atoms with Crippen LogP contribution in [0.4, 0.5) is 4.79 Å². The molecule has 0 aromatic carbocycles. The summed E-state index contributed by atoms with van der Waals surface area (Å²) in [7, 11) is 0. The maximum atomic E-state index is 12.8. The molecule has 1 saturated heterocycles. The second-order valence-corrected chi connectivity index (χ2v) is 7.25. The van der Waals surface area contributed by atoms with Crippen LogP contribution >= 0.6 is 11.3 Å². The van der Waals surface area contributed by atoms with Crippen LogP contribution in [-0.2, 0) is 11.3 Å². The van der Waals surface area contributed by atoms with E-state index in [1.165, 1.54) is 4.88 Å². The first kappa shape index (κ1) is 17.0. The molecule has 6 heteroatoms. The Morgan fingerprint density at radius 1 is 1.46 bits per heavy atom. The molecule has 0 aliphatic carbocycles. The predicted octanol–water partition coefficient (Wildman–Crippen LogP) is 4.10. The van der Waals surface area contributed by atoms with Crippen LogP contribution in [-0.4, -0.2) is 30.2 Å². The minimum atomic E-state index is -0.165. The second-order valence-electron chi connectivity index (χ2n) is 6.21. The van der Waals surface area contributed by atoms with Crippen molar-refractivity contribution in [2.45, 2.75) is 45.4 Å². The number of carbonyl (C=O) groups excluding carboxylic acids is 1. The predicted molar refractivity (Wildman–Crippen MR) is 94.1 cm³/mol. The Morgan fingerprint density at radius 2 is 2.33 bits per heavy atom. The van der Waals surface area contributed by atoms with Crippen molar-refractivity contribution in [2.75, 3.05) is 13.2 Å². The average molecular weight is 348 g/mol. The van der Waals surface area contributed by atoms with Crippen LogP contribution in [0, 0.1) is 6.92 Å². The zero-order valence-electron chi connectivity index (χ0n) is 14.2. The average Bonchev–Trinajstić information content (AvgIpc) is 3.28. The van der Waals surface area contributed by atoms with Crippen molar-refractivity contribution in [3.05, 3.63) is 46.0 Å². The number of nitrogens with one attached hydrogen (secondary N) is 1. The third-order valence-electron chi connectivity index (χ3n) is 4.19. The SMILES string of the molecule is Cc1ccc(C(C)NC(=O)N(Cc2cccs2)CC2CCCO2)o1. The number of hydrogen-bond donors (Lipinski definition) is 1. The molecule has 2 unspecified atom stereocenters. The van der Waals surface area contributed by atoms with Gasteiger partial charge in [0.1, 0.15) is 11.5 Å². The highest BCUT2D eigenvalue weighted by atomic mass is 32.1. The van der Waals surface area contributed by atoms with Gasteiger partial charge < -0.3 is 19.4 Å². The smallest absolute Gasteiger partial charge is 0.318 e. The minimum Gasteiger partial charge on any atom is -0.464 e. The standard InChI is InChI=1S/C18H24N2O3S/c1-13-7-8-17(23-13)14(2)19-18(21)20(11-15-5-3-9-22-15)12-16-6-4-10-24-16/h4,6-8,10,14-15H,3,5,9,11-12H2,1-2H3,(H,19,21). The molecule has 130 valence electrons. The topological polar surface area (TPSA) is 54.7 Å². The summed E-state index contributed by atoms with van der Waals surface area (Å²) in [5.74, 6) is 1.62. The van der Waals surface area contributed by atoms with E-state index in [1.54, 1.807) is 11.3 Å². The van der Waals surface area contributed by atoms with Gasteiger partial charge in [-0.25, -0.2) is 4.79 Å². The molecule has 3 heterocycles. The molecule has 2 aromatic rings. The molecule has 1 aliphatic rings. The molecule has 2 amide bonds. The van der Waals surface area contributed by atoms with E-state index >= 15 is 0 Å². The van der Waals surface area contributed by atoms with Gasteiger partial charge >= 0.3 is 6.03 Å². The number of carbonyl (C=O) groups is 1. The monoisotopic (exact) mass is 348 g/mol. The van der Waals surface area contributed by atoms with Crippen molar-refractivity contribution in [3.63, 3.8) is 0 Å². The van der Waals surface area contributed by atoms with Crippen molar-refractivity contribution in [1.29, 1.82) is 0 Å². The third kappa shape index (κ3) is 4.39. The van der Waals surface area contributed by atoms with Gasteiger partial charge in [0.15, 0.2) is 0 Å². The van der Waals surface area contributed by atoms with Gasteiger partial charge in [0.05, 0.1) is 18.7 Å². The lowest BCUT2D eigenvalue weighted by Gasteiger charge is -2.26. The van der Waals surface area contributed by atoms with E-state index in [0.29, 0.717) is 13.1 Å². The number of thiophene rings is 1. The minimum absolute atomic E-state index is 0.0829. The molecule has 0 saturated carbocycles. The van der Waals surface area contributed by atoms with E-state index in [4.69, 9.17) is 9.15 Å². The molecule has 2 aromatic heterocycles. The number of aryl methyl sites for hydroxylation is 1. The Balaban J connectivity index is 1.64. The van der Waals surface area contributed by atoms with E-state index in [1.807, 2.05) is 42.3 Å². The summed E-state index contributed by atoms with van der Waals surface area (Å²) < 4.78 is 11.3. The Kier molecular flexibility index (Phi) is 5.58. The summed E-state index contributed by atoms with van der Waals surface area (Å²) in [6, 6.07) is 7.63. The lowest BCUT2D eigenvalue weighted by atomic mass is 10.2. The Labute approximate surface area is 146 Å². The van der Waals surface area contributed by atoms with Crippen LogP contribution < -0.4 is 5.32 Å². The fourth-order valence-electron chi connectivity index (χ4n) is 2.88. The molecule has 0 spiro atoms. The number of furan rings is 1. The molecule has 1 aliphatic heterocycles. The van der Waals surface area contributed by atoms with Gasteiger partial charge in [-0.15, -0.1) is 11.3 Å². The van der Waals surface area contributed by atoms with E-state index < -0.39 is 0 Å². The largest absolute Gasteiger partial charge is 0.464 e. The molecule has 0 bridgehead atoms. The van der Waals surface area contributed by atoms with Gasteiger partial charge in [-0.3, -0.25) is 0 Å². The van der Waals surface area contributed by atoms with Gasteiger partial charge in [-0.2, -0.15) is 0 Å². The summed E-state index contributed by atoms with van der Waals surface area (Å²) in [6.07, 6.45) is 2.22. The normalized spacial score (nSPS) is 18.5. The summed E-state index contributed by atoms with van der Waals surface area (Å²) in [5.41, 5.74) is 0. The lowest BCUT2D eigenvalue weighted by molar-refractivity contribution is 0.0791. The third-order valence-corrected chi connectivity index (χ3v) is 5.05. The van der Waals surface area contributed by atoms with E-state index in [2.05, 4.69) is 11.4 Å². The highest BCUT2D eigenvalue weighted by Crippen LogP contribution is 2.19. The number of amides is 2. The van der Waals surface area contributed by atoms with Crippen molar-refractivity contribution in [1.82, 2.24) is 10.2 Å². The van der Waals surface area contributed by atoms with Gasteiger partial charge in [0.25, 0.3) is 0 Å². The Bertz CT molecular complexity index is 647. The van der Waals surface area contributed by atoms with Crippen LogP contribution in [0.2, 0.25) is 0 Å². The number of nitrogens with zero attached hydrogens (tertiary/aromatic N) is 1. The lowest BCUT2D eigenvalue weighted by Crippen LogP contribution is -2.43. The van der Waals surface area contributed by atoms with E-state index in [0.717, 1.165) is 31.0 Å². The first-order valence-electron chi connectivity index (χ1n) is 8.37. The highest BCUT2D eigenvalue weighted by molar-refractivity contribution is 7.09. The van der Waals surface area contributed by atoms with Crippen LogP contribution in [0.5, 0.6) is 0 Å². The zero-order valence-corrected chi connectivity index (χ0v) is 15.0. The van der Waals surface area contributed by atoms with Crippen molar-refractivity contribution < 1.29 is 13.9 Å².